The van der Waals surface area contributed by atoms with E-state index >= 15 is 0 Å². The number of hydrogen-bond donors (Lipinski definition) is 0. The van der Waals surface area contributed by atoms with Gasteiger partial charge in [-0.2, -0.15) is 0 Å². The first-order valence-corrected chi connectivity index (χ1v) is 4.41. The van der Waals surface area contributed by atoms with E-state index in [9.17, 15) is 4.79 Å². The quantitative estimate of drug-likeness (QED) is 0.218. The smallest absolute Gasteiger partial charge is 0.339 e. The molecule has 0 aliphatic rings. The zero-order chi connectivity index (χ0) is 10.3. The molecule has 0 radical (unpaired) electrons. The fraction of sp³-hybridized carbons (Fsp3) is 0.857. The Morgan fingerprint density at radius 3 is 2.46 bits per heavy atom. The largest absolute Gasteiger partial charge is 0.467 e. The van der Waals surface area contributed by atoms with Gasteiger partial charge < -0.3 is 4.74 Å². The van der Waals surface area contributed by atoms with Crippen LogP contribution in [0.4, 0.5) is 0 Å². The highest BCUT2D eigenvalue weighted by Crippen LogP contribution is 2.23. The van der Waals surface area contributed by atoms with E-state index in [1.165, 1.54) is 14.2 Å². The first-order valence-electron chi connectivity index (χ1n) is 3.74. The molecule has 0 rings (SSSR count). The van der Waals surface area contributed by atoms with Crippen LogP contribution < -0.4 is 0 Å². The number of methoxy groups -OCH3 is 1. The first-order chi connectivity index (χ1) is 6.10. The second-order valence-electron chi connectivity index (χ2n) is 2.46. The van der Waals surface area contributed by atoms with Crippen molar-refractivity contribution in [3.8, 4) is 0 Å². The topological polar surface area (TPSA) is 54.0 Å². The van der Waals surface area contributed by atoms with Gasteiger partial charge in [-0.25, -0.2) is 9.68 Å². The minimum atomic E-state index is -1.00. The molecule has 0 N–H and O–H groups in total. The number of rotatable bonds is 6. The number of hydrogen-bond acceptors (Lipinski definition) is 6. The van der Waals surface area contributed by atoms with Crippen molar-refractivity contribution in [2.45, 2.75) is 25.9 Å². The molecule has 0 aromatic heterocycles. The lowest BCUT2D eigenvalue weighted by atomic mass is 10.1. The molecule has 0 saturated heterocycles. The molecule has 0 spiro atoms. The Kier molecular flexibility index (Phi) is 6.06. The Bertz CT molecular complexity index is 163. The molecule has 5 nitrogen and oxygen atoms in total. The zero-order valence-electron chi connectivity index (χ0n) is 8.16. The Hall–Kier alpha value is -0.300. The predicted octanol–water partition coefficient (Wildman–Crippen LogP) is 1.49. The third-order valence-electron chi connectivity index (χ3n) is 1.61. The van der Waals surface area contributed by atoms with Crippen molar-refractivity contribution in [3.63, 3.8) is 0 Å². The van der Waals surface area contributed by atoms with Crippen molar-refractivity contribution < 1.29 is 22.9 Å². The van der Waals surface area contributed by atoms with Crippen LogP contribution in [0.25, 0.3) is 0 Å². The fourth-order valence-corrected chi connectivity index (χ4v) is 0.989. The first kappa shape index (κ1) is 12.7. The van der Waals surface area contributed by atoms with Crippen LogP contribution in [-0.2, 0) is 22.9 Å². The molecule has 0 amide bonds. The summed E-state index contributed by atoms with van der Waals surface area (Å²) < 4.78 is 14.0. The predicted molar refractivity (Wildman–Crippen MR) is 47.5 cm³/mol. The molecule has 0 aromatic carbocycles. The summed E-state index contributed by atoms with van der Waals surface area (Å²) in [6.07, 6.45) is 0.486. The number of carbonyl (C=O) groups excluding carboxylic acids is 1. The molecule has 0 heterocycles. The maximum Gasteiger partial charge on any atom is 0.339 e. The van der Waals surface area contributed by atoms with Gasteiger partial charge in [0.25, 0.3) is 0 Å². The van der Waals surface area contributed by atoms with E-state index < -0.39 is 11.6 Å². The summed E-state index contributed by atoms with van der Waals surface area (Å²) in [7, 11) is 2.65. The molecular formula is C7H14O5S. The summed E-state index contributed by atoms with van der Waals surface area (Å²) in [5.41, 5.74) is -1.00. The van der Waals surface area contributed by atoms with Gasteiger partial charge in [0.15, 0.2) is 17.9 Å². The maximum absolute atomic E-state index is 11.2. The number of esters is 1. The summed E-state index contributed by atoms with van der Waals surface area (Å²) in [5, 5.41) is 0. The molecule has 78 valence electrons. The third-order valence-corrected chi connectivity index (χ3v) is 2.23. The second kappa shape index (κ2) is 6.20. The minimum absolute atomic E-state index is 0.442. The molecule has 0 saturated carbocycles. The van der Waals surface area contributed by atoms with Gasteiger partial charge in [-0.1, -0.05) is 6.92 Å². The SMILES string of the molecule is CC[C@](C)(OSOOC)C(=O)OC. The van der Waals surface area contributed by atoms with Crippen LogP contribution in [0.1, 0.15) is 20.3 Å². The monoisotopic (exact) mass is 210 g/mol. The van der Waals surface area contributed by atoms with Crippen LogP contribution in [0.5, 0.6) is 0 Å². The van der Waals surface area contributed by atoms with E-state index in [2.05, 4.69) is 14.0 Å². The lowest BCUT2D eigenvalue weighted by molar-refractivity contribution is -0.176. The Morgan fingerprint density at radius 1 is 1.46 bits per heavy atom. The van der Waals surface area contributed by atoms with Crippen LogP contribution in [0.15, 0.2) is 0 Å². The Morgan fingerprint density at radius 2 is 2.08 bits per heavy atom. The minimum Gasteiger partial charge on any atom is -0.467 e. The lowest BCUT2D eigenvalue weighted by Crippen LogP contribution is -2.36. The highest BCUT2D eigenvalue weighted by molar-refractivity contribution is 7.89. The van der Waals surface area contributed by atoms with E-state index in [1.807, 2.05) is 6.92 Å². The van der Waals surface area contributed by atoms with E-state index in [0.717, 1.165) is 0 Å². The standard InChI is InChI=1S/C7H14O5S/c1-5-7(2,6(8)9-3)11-13-12-10-4/h5H2,1-4H3/t7-/m0/s1. The lowest BCUT2D eigenvalue weighted by Gasteiger charge is -2.22. The molecule has 0 fully saturated rings. The van der Waals surface area contributed by atoms with Crippen LogP contribution in [-0.4, -0.2) is 25.8 Å². The van der Waals surface area contributed by atoms with Gasteiger partial charge in [0.1, 0.15) is 0 Å². The van der Waals surface area contributed by atoms with Crippen molar-refractivity contribution in [1.82, 2.24) is 0 Å². The molecular weight excluding hydrogens is 196 g/mol. The highest BCUT2D eigenvalue weighted by Gasteiger charge is 2.34. The van der Waals surface area contributed by atoms with Crippen molar-refractivity contribution in [3.05, 3.63) is 0 Å². The maximum atomic E-state index is 11.2. The van der Waals surface area contributed by atoms with E-state index in [4.69, 9.17) is 4.18 Å². The van der Waals surface area contributed by atoms with Gasteiger partial charge in [-0.05, 0) is 13.3 Å². The average molecular weight is 210 g/mol. The summed E-state index contributed by atoms with van der Waals surface area (Å²) in [5.74, 6) is -0.442. The normalized spacial score (nSPS) is 15.1. The molecule has 6 heteroatoms. The molecule has 0 aliphatic carbocycles. The second-order valence-corrected chi connectivity index (χ2v) is 2.90. The van der Waals surface area contributed by atoms with Gasteiger partial charge in [0.05, 0.1) is 14.2 Å². The van der Waals surface area contributed by atoms with Gasteiger partial charge in [-0.3, -0.25) is 4.18 Å². The van der Waals surface area contributed by atoms with Crippen molar-refractivity contribution in [2.24, 2.45) is 0 Å². The zero-order valence-corrected chi connectivity index (χ0v) is 8.97. The molecule has 0 aromatic rings. The molecule has 0 bridgehead atoms. The molecule has 1 atom stereocenters. The van der Waals surface area contributed by atoms with Crippen molar-refractivity contribution in [2.75, 3.05) is 14.2 Å². The summed E-state index contributed by atoms with van der Waals surface area (Å²) in [6, 6.07) is 0. The Labute approximate surface area is 82.0 Å². The summed E-state index contributed by atoms with van der Waals surface area (Å²) >= 11 is 0.605. The van der Waals surface area contributed by atoms with Gasteiger partial charge in [0.2, 0.25) is 0 Å². The van der Waals surface area contributed by atoms with Crippen LogP contribution >= 0.6 is 12.3 Å². The summed E-state index contributed by atoms with van der Waals surface area (Å²) in [6.45, 7) is 3.43. The van der Waals surface area contributed by atoms with Crippen molar-refractivity contribution in [1.29, 1.82) is 0 Å². The third kappa shape index (κ3) is 3.95. The van der Waals surface area contributed by atoms with Crippen LogP contribution in [0, 0.1) is 0 Å². The van der Waals surface area contributed by atoms with E-state index in [0.29, 0.717) is 18.7 Å². The van der Waals surface area contributed by atoms with Gasteiger partial charge >= 0.3 is 5.97 Å². The van der Waals surface area contributed by atoms with E-state index in [1.54, 1.807) is 6.92 Å². The molecule has 0 aliphatic heterocycles. The highest BCUT2D eigenvalue weighted by atomic mass is 32.2. The van der Waals surface area contributed by atoms with Gasteiger partial charge in [0, 0.05) is 0 Å². The summed E-state index contributed by atoms with van der Waals surface area (Å²) in [4.78, 5) is 15.5. The molecule has 0 unspecified atom stereocenters. The van der Waals surface area contributed by atoms with Gasteiger partial charge in [-0.15, -0.1) is 4.33 Å². The fourth-order valence-electron chi connectivity index (χ4n) is 0.570. The van der Waals surface area contributed by atoms with Crippen LogP contribution in [0.2, 0.25) is 0 Å². The number of ether oxygens (including phenoxy) is 1. The van der Waals surface area contributed by atoms with Crippen LogP contribution in [0.3, 0.4) is 0 Å². The number of carbonyl (C=O) groups is 1. The van der Waals surface area contributed by atoms with Crippen molar-refractivity contribution >= 4 is 18.3 Å². The Balaban J connectivity index is 4.03. The average Bonchev–Trinajstić information content (AvgIpc) is 2.16. The van der Waals surface area contributed by atoms with E-state index in [-0.39, 0.29) is 0 Å². The molecule has 13 heavy (non-hydrogen) atoms.